The largest absolute Gasteiger partial charge is 0.497 e. The first-order valence-electron chi connectivity index (χ1n) is 11.0. The number of sulfonamides is 1. The van der Waals surface area contributed by atoms with Gasteiger partial charge in [0, 0.05) is 26.6 Å². The molecule has 1 aliphatic rings. The van der Waals surface area contributed by atoms with Crippen molar-refractivity contribution in [2.24, 2.45) is 5.92 Å². The number of amides is 1. The maximum Gasteiger partial charge on any atom is 0.407 e. The highest BCUT2D eigenvalue weighted by atomic mass is 32.2. The molecule has 33 heavy (non-hydrogen) atoms. The van der Waals surface area contributed by atoms with Crippen molar-refractivity contribution in [2.75, 3.05) is 40.5 Å². The Morgan fingerprint density at radius 2 is 1.85 bits per heavy atom. The fourth-order valence-electron chi connectivity index (χ4n) is 3.53. The van der Waals surface area contributed by atoms with E-state index in [9.17, 15) is 18.3 Å². The van der Waals surface area contributed by atoms with Gasteiger partial charge in [0.15, 0.2) is 0 Å². The number of nitrogens with zero attached hydrogens (tertiary/aromatic N) is 1. The number of rotatable bonds is 11. The molecule has 1 saturated heterocycles. The number of aliphatic hydroxyl groups is 1. The molecule has 1 aromatic carbocycles. The van der Waals surface area contributed by atoms with Crippen molar-refractivity contribution in [2.45, 2.75) is 56.4 Å². The van der Waals surface area contributed by atoms with E-state index in [0.717, 1.165) is 0 Å². The Morgan fingerprint density at radius 1 is 1.18 bits per heavy atom. The first-order chi connectivity index (χ1) is 15.6. The van der Waals surface area contributed by atoms with Crippen LogP contribution in [0.4, 0.5) is 4.79 Å². The van der Waals surface area contributed by atoms with E-state index in [1.54, 1.807) is 19.1 Å². The number of aliphatic hydroxyl groups excluding tert-OH is 1. The summed E-state index contributed by atoms with van der Waals surface area (Å²) in [7, 11) is -0.828. The van der Waals surface area contributed by atoms with E-state index < -0.39 is 40.5 Å². The third-order valence-corrected chi connectivity index (χ3v) is 7.12. The standard InChI is InChI=1S/C22H36N2O8S/c1-15(2)11-24(33(27,28)20-8-6-18(29-4)7-9-20)12-21(30-5)16(3)23-22(26)32-19-10-17(25)13-31-14-19/h6-9,15-17,19,21,25H,10-14H2,1-5H3,(H,23,26). The van der Waals surface area contributed by atoms with Crippen LogP contribution in [0.2, 0.25) is 0 Å². The number of ether oxygens (including phenoxy) is 4. The van der Waals surface area contributed by atoms with Crippen LogP contribution in [0.1, 0.15) is 27.2 Å². The number of nitrogens with one attached hydrogen (secondary N) is 1. The predicted octanol–water partition coefficient (Wildman–Crippen LogP) is 1.62. The van der Waals surface area contributed by atoms with Crippen LogP contribution in [0.15, 0.2) is 29.2 Å². The van der Waals surface area contributed by atoms with E-state index >= 15 is 0 Å². The lowest BCUT2D eigenvalue weighted by Gasteiger charge is -2.31. The van der Waals surface area contributed by atoms with Crippen LogP contribution in [-0.2, 0) is 24.2 Å². The minimum atomic E-state index is -3.81. The zero-order valence-electron chi connectivity index (χ0n) is 19.9. The Bertz CT molecular complexity index is 846. The van der Waals surface area contributed by atoms with Crippen molar-refractivity contribution < 1.29 is 37.3 Å². The second-order valence-electron chi connectivity index (χ2n) is 8.55. The normalized spacial score (nSPS) is 21.0. The van der Waals surface area contributed by atoms with Crippen LogP contribution in [0.25, 0.3) is 0 Å². The third kappa shape index (κ3) is 8.11. The van der Waals surface area contributed by atoms with Gasteiger partial charge in [0.05, 0.1) is 43.5 Å². The lowest BCUT2D eigenvalue weighted by molar-refractivity contribution is -0.0762. The van der Waals surface area contributed by atoms with Crippen molar-refractivity contribution in [1.29, 1.82) is 0 Å². The molecule has 1 fully saturated rings. The molecule has 1 heterocycles. The second-order valence-corrected chi connectivity index (χ2v) is 10.5. The summed E-state index contributed by atoms with van der Waals surface area (Å²) in [4.78, 5) is 12.5. The zero-order valence-corrected chi connectivity index (χ0v) is 20.7. The fourth-order valence-corrected chi connectivity index (χ4v) is 5.15. The van der Waals surface area contributed by atoms with Gasteiger partial charge in [-0.15, -0.1) is 0 Å². The second kappa shape index (κ2) is 12.5. The van der Waals surface area contributed by atoms with Crippen LogP contribution in [0.3, 0.4) is 0 Å². The maximum atomic E-state index is 13.3. The number of methoxy groups -OCH3 is 2. The molecule has 0 radical (unpaired) electrons. The molecule has 0 aromatic heterocycles. The summed E-state index contributed by atoms with van der Waals surface area (Å²) >= 11 is 0. The van der Waals surface area contributed by atoms with E-state index in [0.29, 0.717) is 12.2 Å². The van der Waals surface area contributed by atoms with Crippen LogP contribution in [0.5, 0.6) is 5.75 Å². The SMILES string of the molecule is COc1ccc(S(=O)(=O)N(CC(C)C)CC(OC)C(C)NC(=O)OC2COCC(O)C2)cc1. The molecule has 4 atom stereocenters. The van der Waals surface area contributed by atoms with Gasteiger partial charge in [0.2, 0.25) is 10.0 Å². The van der Waals surface area contributed by atoms with Crippen LogP contribution in [0, 0.1) is 5.92 Å². The monoisotopic (exact) mass is 488 g/mol. The van der Waals surface area contributed by atoms with Gasteiger partial charge in [-0.3, -0.25) is 0 Å². The minimum absolute atomic E-state index is 0.0374. The summed E-state index contributed by atoms with van der Waals surface area (Å²) in [5.41, 5.74) is 0. The molecule has 0 spiro atoms. The van der Waals surface area contributed by atoms with Gasteiger partial charge in [0.1, 0.15) is 11.9 Å². The molecule has 1 amide bonds. The van der Waals surface area contributed by atoms with E-state index in [1.165, 1.54) is 30.7 Å². The van der Waals surface area contributed by atoms with Gasteiger partial charge in [-0.1, -0.05) is 13.8 Å². The first-order valence-corrected chi connectivity index (χ1v) is 12.4. The minimum Gasteiger partial charge on any atom is -0.497 e. The topological polar surface area (TPSA) is 124 Å². The van der Waals surface area contributed by atoms with Gasteiger partial charge in [-0.2, -0.15) is 4.31 Å². The van der Waals surface area contributed by atoms with Gasteiger partial charge >= 0.3 is 6.09 Å². The van der Waals surface area contributed by atoms with Crippen molar-refractivity contribution in [3.63, 3.8) is 0 Å². The quantitative estimate of drug-likeness (QED) is 0.482. The first kappa shape index (κ1) is 27.3. The van der Waals surface area contributed by atoms with Gasteiger partial charge in [-0.25, -0.2) is 13.2 Å². The predicted molar refractivity (Wildman–Crippen MR) is 122 cm³/mol. The maximum absolute atomic E-state index is 13.3. The Labute approximate surface area is 196 Å². The van der Waals surface area contributed by atoms with Gasteiger partial charge in [0.25, 0.3) is 0 Å². The van der Waals surface area contributed by atoms with Crippen molar-refractivity contribution in [3.8, 4) is 5.75 Å². The molecule has 0 bridgehead atoms. The molecule has 4 unspecified atom stereocenters. The summed E-state index contributed by atoms with van der Waals surface area (Å²) in [6.07, 6.45) is -2.22. The Morgan fingerprint density at radius 3 is 2.39 bits per heavy atom. The van der Waals surface area contributed by atoms with Gasteiger partial charge in [-0.05, 0) is 37.1 Å². The highest BCUT2D eigenvalue weighted by Crippen LogP contribution is 2.21. The third-order valence-electron chi connectivity index (χ3n) is 5.28. The van der Waals surface area contributed by atoms with Crippen molar-refractivity contribution in [3.05, 3.63) is 24.3 Å². The van der Waals surface area contributed by atoms with E-state index in [2.05, 4.69) is 5.32 Å². The summed E-state index contributed by atoms with van der Waals surface area (Å²) in [5, 5.41) is 12.3. The van der Waals surface area contributed by atoms with E-state index in [4.69, 9.17) is 18.9 Å². The Hall–Kier alpha value is -1.92. The molecule has 0 aliphatic carbocycles. The number of alkyl carbamates (subject to hydrolysis) is 1. The smallest absolute Gasteiger partial charge is 0.407 e. The van der Waals surface area contributed by atoms with E-state index in [1.807, 2.05) is 13.8 Å². The molecule has 1 aliphatic heterocycles. The fraction of sp³-hybridized carbons (Fsp3) is 0.682. The summed E-state index contributed by atoms with van der Waals surface area (Å²) in [5.74, 6) is 0.632. The lowest BCUT2D eigenvalue weighted by atomic mass is 10.1. The summed E-state index contributed by atoms with van der Waals surface area (Å²) in [6, 6.07) is 5.66. The number of carbonyl (C=O) groups is 1. The number of carbonyl (C=O) groups excluding carboxylic acids is 1. The zero-order chi connectivity index (χ0) is 24.6. The van der Waals surface area contributed by atoms with Crippen molar-refractivity contribution in [1.82, 2.24) is 9.62 Å². The lowest BCUT2D eigenvalue weighted by Crippen LogP contribution is -2.50. The number of hydrogen-bond acceptors (Lipinski definition) is 8. The van der Waals surface area contributed by atoms with Crippen molar-refractivity contribution >= 4 is 16.1 Å². The molecule has 10 nitrogen and oxygen atoms in total. The molecule has 11 heteroatoms. The van der Waals surface area contributed by atoms with Crippen LogP contribution < -0.4 is 10.1 Å². The van der Waals surface area contributed by atoms with Gasteiger partial charge < -0.3 is 29.4 Å². The molecular formula is C22H36N2O8S. The number of hydrogen-bond donors (Lipinski definition) is 2. The highest BCUT2D eigenvalue weighted by Gasteiger charge is 2.31. The molecule has 1 aromatic rings. The Kier molecular flexibility index (Phi) is 10.4. The highest BCUT2D eigenvalue weighted by molar-refractivity contribution is 7.89. The van der Waals surface area contributed by atoms with E-state index in [-0.39, 0.29) is 37.1 Å². The molecule has 0 saturated carbocycles. The summed E-state index contributed by atoms with van der Waals surface area (Å²) < 4.78 is 49.2. The Balaban J connectivity index is 2.08. The average Bonchev–Trinajstić information content (AvgIpc) is 2.76. The molecule has 2 N–H and O–H groups in total. The molecule has 188 valence electrons. The molecular weight excluding hydrogens is 452 g/mol. The van der Waals surface area contributed by atoms with Crippen LogP contribution in [-0.4, -0.2) is 88.8 Å². The number of benzene rings is 1. The molecule has 2 rings (SSSR count). The summed E-state index contributed by atoms with van der Waals surface area (Å²) in [6.45, 7) is 6.33. The van der Waals surface area contributed by atoms with Crippen LogP contribution >= 0.6 is 0 Å². The average molecular weight is 489 g/mol.